The van der Waals surface area contributed by atoms with E-state index in [4.69, 9.17) is 0 Å². The van der Waals surface area contributed by atoms with Crippen molar-refractivity contribution in [2.24, 2.45) is 0 Å². The van der Waals surface area contributed by atoms with Crippen LogP contribution in [0.2, 0.25) is 0 Å². The summed E-state index contributed by atoms with van der Waals surface area (Å²) in [6.45, 7) is 0. The third kappa shape index (κ3) is 3.43. The van der Waals surface area contributed by atoms with Crippen molar-refractivity contribution in [1.82, 2.24) is 4.13 Å². The van der Waals surface area contributed by atoms with Crippen LogP contribution in [0.4, 0.5) is 18.9 Å². The average molecular weight is 334 g/mol. The molecule has 1 rings (SSSR count). The summed E-state index contributed by atoms with van der Waals surface area (Å²) in [4.78, 5) is 8.59. The molecule has 0 aliphatic rings. The molecule has 0 unspecified atom stereocenters. The van der Waals surface area contributed by atoms with Crippen molar-refractivity contribution in [1.29, 1.82) is 0 Å². The van der Waals surface area contributed by atoms with Gasteiger partial charge in [0.05, 0.1) is 9.82 Å². The second kappa shape index (κ2) is 4.99. The minimum atomic E-state index is -6.10. The van der Waals surface area contributed by atoms with Crippen molar-refractivity contribution < 1.29 is 34.9 Å². The quantitative estimate of drug-likeness (QED) is 0.639. The summed E-state index contributed by atoms with van der Waals surface area (Å²) in [7, 11) is -11.1. The van der Waals surface area contributed by atoms with E-state index in [9.17, 15) is 40.1 Å². The lowest BCUT2D eigenvalue weighted by atomic mass is 10.3. The monoisotopic (exact) mass is 334 g/mol. The number of halogens is 3. The first-order chi connectivity index (χ1) is 8.87. The Morgan fingerprint density at radius 1 is 1.05 bits per heavy atom. The molecule has 8 nitrogen and oxygen atoms in total. The first-order valence-corrected chi connectivity index (χ1v) is 7.43. The number of alkyl halides is 3. The van der Waals surface area contributed by atoms with Crippen LogP contribution in [0, 0.1) is 10.1 Å². The van der Waals surface area contributed by atoms with E-state index in [1.807, 2.05) is 0 Å². The smallest absolute Gasteiger partial charge is 0.258 e. The minimum absolute atomic E-state index is 0.487. The molecule has 1 aromatic rings. The summed E-state index contributed by atoms with van der Waals surface area (Å²) in [6.07, 6.45) is 0. The molecular formula is C7H5F3N2O6S2. The summed E-state index contributed by atoms with van der Waals surface area (Å²) in [5.74, 6) is 0. The summed E-state index contributed by atoms with van der Waals surface area (Å²) < 4.78 is 80.8. The van der Waals surface area contributed by atoms with Crippen molar-refractivity contribution in [3.63, 3.8) is 0 Å². The molecule has 1 N–H and O–H groups in total. The molecule has 0 aliphatic heterocycles. The van der Waals surface area contributed by atoms with Gasteiger partial charge in [-0.15, -0.1) is 0 Å². The largest absolute Gasteiger partial charge is 0.512 e. The Morgan fingerprint density at radius 2 is 1.50 bits per heavy atom. The number of benzene rings is 1. The average Bonchev–Trinajstić information content (AvgIpc) is 2.26. The highest BCUT2D eigenvalue weighted by Crippen LogP contribution is 2.24. The van der Waals surface area contributed by atoms with Gasteiger partial charge in [0, 0.05) is 12.1 Å². The van der Waals surface area contributed by atoms with Gasteiger partial charge >= 0.3 is 15.5 Å². The number of nitro groups is 1. The Labute approximate surface area is 110 Å². The van der Waals surface area contributed by atoms with Crippen molar-refractivity contribution in [2.45, 2.75) is 10.4 Å². The van der Waals surface area contributed by atoms with Gasteiger partial charge in [0.1, 0.15) is 0 Å². The van der Waals surface area contributed by atoms with Gasteiger partial charge in [0.15, 0.2) is 0 Å². The van der Waals surface area contributed by atoms with Crippen molar-refractivity contribution in [2.75, 3.05) is 0 Å². The Bertz CT molecular complexity index is 723. The van der Waals surface area contributed by atoms with Crippen LogP contribution in [0.1, 0.15) is 0 Å². The standard InChI is InChI=1S/C7H5F3N2O6S2/c8-7(9,10)20(17,18)11-19(15,16)6-3-1-5(2-4-6)12(13)14/h1-4,11H. The van der Waals surface area contributed by atoms with Crippen molar-refractivity contribution in [3.8, 4) is 0 Å². The maximum atomic E-state index is 12.0. The van der Waals surface area contributed by atoms with Crippen LogP contribution in [-0.4, -0.2) is 27.3 Å². The minimum Gasteiger partial charge on any atom is -0.258 e. The lowest BCUT2D eigenvalue weighted by molar-refractivity contribution is -0.384. The molecule has 0 aromatic heterocycles. The van der Waals surface area contributed by atoms with Crippen LogP contribution < -0.4 is 4.13 Å². The molecule has 13 heteroatoms. The van der Waals surface area contributed by atoms with E-state index in [1.54, 1.807) is 0 Å². The number of nitro benzene ring substituents is 1. The third-order valence-corrected chi connectivity index (χ3v) is 5.14. The third-order valence-electron chi connectivity index (χ3n) is 1.88. The predicted molar refractivity (Wildman–Crippen MR) is 58.4 cm³/mol. The van der Waals surface area contributed by atoms with Gasteiger partial charge in [-0.05, 0) is 12.1 Å². The molecule has 0 radical (unpaired) electrons. The lowest BCUT2D eigenvalue weighted by Gasteiger charge is -2.09. The zero-order valence-corrected chi connectivity index (χ0v) is 10.8. The first-order valence-electron chi connectivity index (χ1n) is 4.46. The van der Waals surface area contributed by atoms with Gasteiger partial charge in [-0.1, -0.05) is 4.13 Å². The Balaban J connectivity index is 3.16. The number of hydrogen-bond acceptors (Lipinski definition) is 6. The van der Waals surface area contributed by atoms with E-state index in [1.165, 1.54) is 0 Å². The fraction of sp³-hybridized carbons (Fsp3) is 0.143. The summed E-state index contributed by atoms with van der Waals surface area (Å²) in [5, 5.41) is 10.3. The molecule has 0 bridgehead atoms. The van der Waals surface area contributed by atoms with Crippen molar-refractivity contribution in [3.05, 3.63) is 34.4 Å². The number of hydrogen-bond donors (Lipinski definition) is 1. The number of nitrogens with one attached hydrogen (secondary N) is 1. The fourth-order valence-corrected chi connectivity index (χ4v) is 3.40. The molecule has 112 valence electrons. The normalized spacial score (nSPS) is 13.2. The van der Waals surface area contributed by atoms with Crippen LogP contribution >= 0.6 is 0 Å². The van der Waals surface area contributed by atoms with Crippen LogP contribution in [0.5, 0.6) is 0 Å². The van der Waals surface area contributed by atoms with E-state index in [2.05, 4.69) is 0 Å². The second-order valence-corrected chi connectivity index (χ2v) is 6.90. The first kappa shape index (κ1) is 16.3. The fourth-order valence-electron chi connectivity index (χ4n) is 0.987. The molecule has 0 spiro atoms. The lowest BCUT2D eigenvalue weighted by Crippen LogP contribution is -2.40. The predicted octanol–water partition coefficient (Wildman–Crippen LogP) is 0.723. The van der Waals surface area contributed by atoms with Gasteiger partial charge in [0.25, 0.3) is 15.7 Å². The Kier molecular flexibility index (Phi) is 4.07. The van der Waals surface area contributed by atoms with Gasteiger partial charge in [0.2, 0.25) is 0 Å². The highest BCUT2D eigenvalue weighted by molar-refractivity contribution is 8.05. The van der Waals surface area contributed by atoms with Crippen LogP contribution in [0.25, 0.3) is 0 Å². The van der Waals surface area contributed by atoms with E-state index in [0.717, 1.165) is 0 Å². The Hall–Kier alpha value is -1.73. The number of rotatable bonds is 4. The highest BCUT2D eigenvalue weighted by Gasteiger charge is 2.48. The molecule has 20 heavy (non-hydrogen) atoms. The topological polar surface area (TPSA) is 123 Å². The number of sulfonamides is 2. The molecular weight excluding hydrogens is 329 g/mol. The molecule has 0 saturated carbocycles. The Morgan fingerprint density at radius 3 is 1.85 bits per heavy atom. The molecule has 0 heterocycles. The maximum absolute atomic E-state index is 12.0. The summed E-state index contributed by atoms with van der Waals surface area (Å²) in [5.41, 5.74) is -6.32. The van der Waals surface area contributed by atoms with Gasteiger partial charge < -0.3 is 0 Å². The molecule has 0 fully saturated rings. The van der Waals surface area contributed by atoms with E-state index in [0.29, 0.717) is 28.4 Å². The zero-order chi connectivity index (χ0) is 15.8. The summed E-state index contributed by atoms with van der Waals surface area (Å²) in [6, 6.07) is 2.61. The van der Waals surface area contributed by atoms with Gasteiger partial charge in [-0.2, -0.15) is 13.2 Å². The van der Waals surface area contributed by atoms with E-state index in [-0.39, 0.29) is 0 Å². The van der Waals surface area contributed by atoms with Crippen LogP contribution in [0.3, 0.4) is 0 Å². The molecule has 1 aromatic carbocycles. The van der Waals surface area contributed by atoms with Crippen LogP contribution in [0.15, 0.2) is 29.2 Å². The number of non-ortho nitro benzene ring substituents is 1. The molecule has 0 atom stereocenters. The summed E-state index contributed by atoms with van der Waals surface area (Å²) >= 11 is 0. The second-order valence-electron chi connectivity index (χ2n) is 3.29. The molecule has 0 saturated heterocycles. The number of nitrogens with zero attached hydrogens (tertiary/aromatic N) is 1. The highest BCUT2D eigenvalue weighted by atomic mass is 32.3. The van der Waals surface area contributed by atoms with Gasteiger partial charge in [-0.3, -0.25) is 10.1 Å². The van der Waals surface area contributed by atoms with Gasteiger partial charge in [-0.25, -0.2) is 16.8 Å². The van der Waals surface area contributed by atoms with Crippen LogP contribution in [-0.2, 0) is 20.0 Å². The van der Waals surface area contributed by atoms with E-state index >= 15 is 0 Å². The maximum Gasteiger partial charge on any atom is 0.512 e. The zero-order valence-electron chi connectivity index (χ0n) is 9.16. The molecule has 0 amide bonds. The SMILES string of the molecule is O=[N+]([O-])c1ccc(S(=O)(=O)NS(=O)(=O)C(F)(F)F)cc1. The molecule has 0 aliphatic carbocycles. The van der Waals surface area contributed by atoms with Crippen molar-refractivity contribution >= 4 is 25.7 Å². The van der Waals surface area contributed by atoms with E-state index < -0.39 is 41.1 Å².